The lowest BCUT2D eigenvalue weighted by Gasteiger charge is -2.19. The number of phenolic OH excluding ortho intramolecular Hbond substituents is 2. The van der Waals surface area contributed by atoms with Crippen LogP contribution in [0.25, 0.3) is 22.2 Å². The molecule has 2 aromatic carbocycles. The molecule has 1 aromatic heterocycles. The summed E-state index contributed by atoms with van der Waals surface area (Å²) in [6.45, 7) is 8.65. The maximum atomic E-state index is 12.1. The van der Waals surface area contributed by atoms with E-state index in [0.717, 1.165) is 34.1 Å². The van der Waals surface area contributed by atoms with Gasteiger partial charge in [0.1, 0.15) is 11.5 Å². The molecule has 0 bridgehead atoms. The molecule has 5 heteroatoms. The second-order valence-electron chi connectivity index (χ2n) is 9.94. The van der Waals surface area contributed by atoms with Crippen LogP contribution in [-0.4, -0.2) is 26.2 Å². The minimum atomic E-state index is -0.249. The predicted octanol–water partition coefficient (Wildman–Crippen LogP) is 6.00. The molecule has 1 unspecified atom stereocenters. The first-order valence-electron chi connectivity index (χ1n) is 11.6. The maximum absolute atomic E-state index is 12.1. The molecule has 0 fully saturated rings. The van der Waals surface area contributed by atoms with E-state index in [1.807, 2.05) is 45.0 Å². The topological polar surface area (TPSA) is 74.5 Å². The Morgan fingerprint density at radius 1 is 1.12 bits per heavy atom. The van der Waals surface area contributed by atoms with Crippen molar-refractivity contribution in [3.8, 4) is 22.8 Å². The van der Waals surface area contributed by atoms with Crippen molar-refractivity contribution in [1.82, 2.24) is 9.88 Å². The van der Waals surface area contributed by atoms with Gasteiger partial charge in [-0.3, -0.25) is 4.79 Å². The minimum absolute atomic E-state index is 0.0771. The molecule has 34 heavy (non-hydrogen) atoms. The molecule has 0 saturated carbocycles. The number of allylic oxidation sites excluding steroid dienone is 5. The average molecular weight is 457 g/mol. The molecule has 4 rings (SSSR count). The van der Waals surface area contributed by atoms with Gasteiger partial charge in [-0.05, 0) is 105 Å². The number of benzene rings is 2. The maximum Gasteiger partial charge on any atom is 0.244 e. The molecular weight excluding hydrogens is 424 g/mol. The number of nitrogens with zero attached hydrogens (tertiary/aromatic N) is 1. The first kappa shape index (κ1) is 23.4. The molecule has 0 aliphatic heterocycles. The van der Waals surface area contributed by atoms with Crippen LogP contribution in [0.5, 0.6) is 11.5 Å². The second-order valence-corrected chi connectivity index (χ2v) is 9.94. The Morgan fingerprint density at radius 2 is 1.82 bits per heavy atom. The van der Waals surface area contributed by atoms with Crippen molar-refractivity contribution >= 4 is 16.8 Å². The van der Waals surface area contributed by atoms with Crippen LogP contribution in [0.4, 0.5) is 0 Å². The van der Waals surface area contributed by atoms with Crippen LogP contribution in [0.2, 0.25) is 0 Å². The van der Waals surface area contributed by atoms with Gasteiger partial charge in [-0.2, -0.15) is 0 Å². The highest BCUT2D eigenvalue weighted by Gasteiger charge is 2.18. The first-order valence-corrected chi connectivity index (χ1v) is 11.6. The number of carbonyl (C=O) groups excluding carboxylic acids is 1. The summed E-state index contributed by atoms with van der Waals surface area (Å²) in [6, 6.07) is 12.7. The number of hydrogen-bond donors (Lipinski definition) is 3. The van der Waals surface area contributed by atoms with Crippen LogP contribution < -0.4 is 5.32 Å². The highest BCUT2D eigenvalue weighted by molar-refractivity contribution is 5.92. The molecule has 0 saturated heterocycles. The van der Waals surface area contributed by atoms with Gasteiger partial charge >= 0.3 is 0 Å². The molecule has 3 aromatic rings. The molecule has 1 atom stereocenters. The molecule has 0 spiro atoms. The fourth-order valence-corrected chi connectivity index (χ4v) is 4.41. The standard InChI is InChI=1S/C29H32N2O3/c1-19-25-17-24(33)14-15-26(25)31(28(19)22-10-12-23(32)13-11-22)18-21-7-5-20(6-8-21)9-16-27(34)30-29(2,3)4/h5,7-17,20,32-33H,6,18H2,1-4H3,(H,30,34)/b16-9+. The smallest absolute Gasteiger partial charge is 0.244 e. The summed E-state index contributed by atoms with van der Waals surface area (Å²) in [4.78, 5) is 12.1. The number of carbonyl (C=O) groups is 1. The number of nitrogens with one attached hydrogen (secondary N) is 1. The van der Waals surface area contributed by atoms with E-state index in [0.29, 0.717) is 6.54 Å². The number of aryl methyl sites for hydroxylation is 1. The van der Waals surface area contributed by atoms with Crippen molar-refractivity contribution in [2.75, 3.05) is 0 Å². The zero-order chi connectivity index (χ0) is 24.5. The SMILES string of the molecule is Cc1c(-c2ccc(O)cc2)n(CC2=CCC(/C=C/C(=O)NC(C)(C)C)C=C2)c2ccc(O)cc12. The predicted molar refractivity (Wildman–Crippen MR) is 138 cm³/mol. The number of phenols is 2. The molecule has 1 aliphatic rings. The van der Waals surface area contributed by atoms with Gasteiger partial charge in [0.05, 0.1) is 5.69 Å². The van der Waals surface area contributed by atoms with E-state index in [1.54, 1.807) is 30.3 Å². The highest BCUT2D eigenvalue weighted by Crippen LogP contribution is 2.36. The lowest BCUT2D eigenvalue weighted by atomic mass is 9.96. The average Bonchev–Trinajstić information content (AvgIpc) is 3.03. The van der Waals surface area contributed by atoms with Gasteiger partial charge in [0.2, 0.25) is 5.91 Å². The van der Waals surface area contributed by atoms with Crippen molar-refractivity contribution in [2.24, 2.45) is 5.92 Å². The van der Waals surface area contributed by atoms with Crippen molar-refractivity contribution in [2.45, 2.75) is 46.2 Å². The Kier molecular flexibility index (Phi) is 6.38. The monoisotopic (exact) mass is 456 g/mol. The Morgan fingerprint density at radius 3 is 2.47 bits per heavy atom. The van der Waals surface area contributed by atoms with E-state index in [9.17, 15) is 15.0 Å². The molecule has 1 aliphatic carbocycles. The first-order chi connectivity index (χ1) is 16.1. The zero-order valence-corrected chi connectivity index (χ0v) is 20.2. The molecular formula is C29H32N2O3. The van der Waals surface area contributed by atoms with Crippen LogP contribution in [0.15, 0.2) is 78.4 Å². The summed E-state index contributed by atoms with van der Waals surface area (Å²) in [5.74, 6) is 0.583. The molecule has 176 valence electrons. The fourth-order valence-electron chi connectivity index (χ4n) is 4.41. The number of aromatic hydroxyl groups is 2. The molecule has 1 amide bonds. The van der Waals surface area contributed by atoms with Gasteiger partial charge in [-0.15, -0.1) is 0 Å². The Labute approximate surface area is 200 Å². The second kappa shape index (κ2) is 9.26. The van der Waals surface area contributed by atoms with Crippen LogP contribution in [0.1, 0.15) is 32.8 Å². The van der Waals surface area contributed by atoms with Gasteiger partial charge in [-0.1, -0.05) is 24.3 Å². The Balaban J connectivity index is 1.59. The van der Waals surface area contributed by atoms with E-state index in [1.165, 1.54) is 5.57 Å². The summed E-state index contributed by atoms with van der Waals surface area (Å²) in [5.41, 5.74) is 5.15. The third kappa shape index (κ3) is 5.25. The van der Waals surface area contributed by atoms with Crippen molar-refractivity contribution in [3.05, 3.63) is 84.0 Å². The Hall–Kier alpha value is -3.73. The number of aromatic nitrogens is 1. The van der Waals surface area contributed by atoms with Crippen molar-refractivity contribution in [3.63, 3.8) is 0 Å². The van der Waals surface area contributed by atoms with Gasteiger partial charge in [0.15, 0.2) is 0 Å². The van der Waals surface area contributed by atoms with E-state index >= 15 is 0 Å². The number of fused-ring (bicyclic) bond motifs is 1. The van der Waals surface area contributed by atoms with E-state index in [-0.39, 0.29) is 28.9 Å². The van der Waals surface area contributed by atoms with E-state index in [2.05, 4.69) is 35.0 Å². The molecule has 3 N–H and O–H groups in total. The zero-order valence-electron chi connectivity index (χ0n) is 20.2. The van der Waals surface area contributed by atoms with Crippen LogP contribution in [0, 0.1) is 12.8 Å². The van der Waals surface area contributed by atoms with Gasteiger partial charge in [0, 0.05) is 23.0 Å². The lowest BCUT2D eigenvalue weighted by Crippen LogP contribution is -2.39. The van der Waals surface area contributed by atoms with E-state index < -0.39 is 0 Å². The van der Waals surface area contributed by atoms with Crippen LogP contribution in [-0.2, 0) is 11.3 Å². The molecule has 0 radical (unpaired) electrons. The van der Waals surface area contributed by atoms with E-state index in [4.69, 9.17) is 0 Å². The summed E-state index contributed by atoms with van der Waals surface area (Å²) < 4.78 is 2.26. The van der Waals surface area contributed by atoms with Crippen molar-refractivity contribution < 1.29 is 15.0 Å². The third-order valence-corrected chi connectivity index (χ3v) is 5.98. The van der Waals surface area contributed by atoms with Crippen molar-refractivity contribution in [1.29, 1.82) is 0 Å². The van der Waals surface area contributed by atoms with Gasteiger partial charge in [-0.25, -0.2) is 0 Å². The summed E-state index contributed by atoms with van der Waals surface area (Å²) in [5, 5.41) is 23.8. The van der Waals surface area contributed by atoms with Gasteiger partial charge < -0.3 is 20.1 Å². The Bertz CT molecular complexity index is 1300. The third-order valence-electron chi connectivity index (χ3n) is 5.98. The fraction of sp³-hybridized carbons (Fsp3) is 0.276. The van der Waals surface area contributed by atoms with Crippen LogP contribution >= 0.6 is 0 Å². The lowest BCUT2D eigenvalue weighted by molar-refractivity contribution is -0.117. The summed E-state index contributed by atoms with van der Waals surface area (Å²) in [7, 11) is 0. The summed E-state index contributed by atoms with van der Waals surface area (Å²) in [6.07, 6.45) is 10.9. The normalized spacial score (nSPS) is 16.2. The number of hydrogen-bond acceptors (Lipinski definition) is 3. The number of rotatable bonds is 5. The minimum Gasteiger partial charge on any atom is -0.508 e. The largest absolute Gasteiger partial charge is 0.508 e. The molecule has 5 nitrogen and oxygen atoms in total. The van der Waals surface area contributed by atoms with Crippen LogP contribution in [0.3, 0.4) is 0 Å². The van der Waals surface area contributed by atoms with Gasteiger partial charge in [0.25, 0.3) is 0 Å². The summed E-state index contributed by atoms with van der Waals surface area (Å²) >= 11 is 0. The number of amides is 1. The quantitative estimate of drug-likeness (QED) is 0.412. The highest BCUT2D eigenvalue weighted by atomic mass is 16.3. The molecule has 1 heterocycles.